The Hall–Kier alpha value is -3.26. The van der Waals surface area contributed by atoms with Crippen molar-refractivity contribution >= 4 is 44.1 Å². The van der Waals surface area contributed by atoms with Crippen LogP contribution in [0.3, 0.4) is 0 Å². The molecule has 0 fully saturated rings. The second-order valence-corrected chi connectivity index (χ2v) is 5.97. The highest BCUT2D eigenvalue weighted by molar-refractivity contribution is 6.15. The van der Waals surface area contributed by atoms with E-state index in [1.807, 2.05) is 30.3 Å². The standard InChI is InChI=1S/C22H15NO/c1-2-9-17(10-3-1)23-19-11-6-12-20-22(19)18-13-15-7-4-5-8-16(15)14-21(18)24-20/h1-14,23H. The van der Waals surface area contributed by atoms with E-state index in [-0.39, 0.29) is 0 Å². The van der Waals surface area contributed by atoms with Crippen LogP contribution in [-0.4, -0.2) is 0 Å². The predicted octanol–water partition coefficient (Wildman–Crippen LogP) is 6.48. The number of anilines is 2. The first-order valence-corrected chi connectivity index (χ1v) is 8.04. The second-order valence-electron chi connectivity index (χ2n) is 5.97. The maximum absolute atomic E-state index is 6.10. The summed E-state index contributed by atoms with van der Waals surface area (Å²) >= 11 is 0. The van der Waals surface area contributed by atoms with Crippen LogP contribution in [0, 0.1) is 0 Å². The minimum atomic E-state index is 0.904. The molecule has 0 bridgehead atoms. The van der Waals surface area contributed by atoms with E-state index in [4.69, 9.17) is 4.42 Å². The molecular formula is C22H15NO. The van der Waals surface area contributed by atoms with Crippen LogP contribution in [0.25, 0.3) is 32.7 Å². The average molecular weight is 309 g/mol. The number of fused-ring (bicyclic) bond motifs is 4. The molecule has 114 valence electrons. The molecule has 5 rings (SSSR count). The van der Waals surface area contributed by atoms with E-state index in [1.54, 1.807) is 0 Å². The molecule has 1 aromatic heterocycles. The first kappa shape index (κ1) is 13.2. The molecule has 1 heterocycles. The Morgan fingerprint density at radius 1 is 0.625 bits per heavy atom. The Morgan fingerprint density at radius 3 is 2.21 bits per heavy atom. The minimum absolute atomic E-state index is 0.904. The van der Waals surface area contributed by atoms with Crippen LogP contribution in [0.2, 0.25) is 0 Å². The molecule has 24 heavy (non-hydrogen) atoms. The summed E-state index contributed by atoms with van der Waals surface area (Å²) in [6.07, 6.45) is 0. The lowest BCUT2D eigenvalue weighted by Crippen LogP contribution is -1.90. The molecule has 0 unspecified atom stereocenters. The summed E-state index contributed by atoms with van der Waals surface area (Å²) in [6, 6.07) is 29.1. The van der Waals surface area contributed by atoms with Gasteiger partial charge < -0.3 is 9.73 Å². The largest absolute Gasteiger partial charge is 0.456 e. The van der Waals surface area contributed by atoms with Crippen molar-refractivity contribution in [3.8, 4) is 0 Å². The number of rotatable bonds is 2. The van der Waals surface area contributed by atoms with Crippen LogP contribution in [0.5, 0.6) is 0 Å². The topological polar surface area (TPSA) is 25.2 Å². The molecule has 2 nitrogen and oxygen atoms in total. The van der Waals surface area contributed by atoms with Crippen LogP contribution in [0.1, 0.15) is 0 Å². The summed E-state index contributed by atoms with van der Waals surface area (Å²) in [5, 5.41) is 8.20. The van der Waals surface area contributed by atoms with E-state index >= 15 is 0 Å². The summed E-state index contributed by atoms with van der Waals surface area (Å²) < 4.78 is 6.10. The summed E-state index contributed by atoms with van der Waals surface area (Å²) in [5.41, 5.74) is 3.96. The fourth-order valence-corrected chi connectivity index (χ4v) is 3.29. The molecule has 4 aromatic carbocycles. The summed E-state index contributed by atoms with van der Waals surface area (Å²) in [6.45, 7) is 0. The number of hydrogen-bond donors (Lipinski definition) is 1. The number of benzene rings is 4. The Balaban J connectivity index is 1.79. The van der Waals surface area contributed by atoms with Crippen molar-refractivity contribution in [2.75, 3.05) is 5.32 Å². The quantitative estimate of drug-likeness (QED) is 0.403. The average Bonchev–Trinajstić information content (AvgIpc) is 2.99. The molecule has 0 aliphatic rings. The van der Waals surface area contributed by atoms with Gasteiger partial charge in [-0.05, 0) is 47.2 Å². The molecule has 1 N–H and O–H groups in total. The molecule has 2 heteroatoms. The molecule has 0 atom stereocenters. The lowest BCUT2D eigenvalue weighted by atomic mass is 10.1. The first-order valence-electron chi connectivity index (χ1n) is 8.04. The molecule has 0 aliphatic heterocycles. The van der Waals surface area contributed by atoms with Crippen molar-refractivity contribution < 1.29 is 4.42 Å². The lowest BCUT2D eigenvalue weighted by molar-refractivity contribution is 0.669. The zero-order chi connectivity index (χ0) is 15.9. The number of nitrogens with one attached hydrogen (secondary N) is 1. The SMILES string of the molecule is c1ccc(Nc2cccc3oc4cc5ccccc5cc4c23)cc1. The van der Waals surface area contributed by atoms with Gasteiger partial charge in [0.1, 0.15) is 11.2 Å². The summed E-state index contributed by atoms with van der Waals surface area (Å²) in [4.78, 5) is 0. The number of para-hydroxylation sites is 1. The van der Waals surface area contributed by atoms with Gasteiger partial charge in [0.2, 0.25) is 0 Å². The van der Waals surface area contributed by atoms with Crippen molar-refractivity contribution in [1.29, 1.82) is 0 Å². The highest BCUT2D eigenvalue weighted by Crippen LogP contribution is 2.37. The second kappa shape index (κ2) is 5.14. The number of hydrogen-bond acceptors (Lipinski definition) is 2. The zero-order valence-electron chi connectivity index (χ0n) is 13.0. The Bertz CT molecular complexity index is 1170. The van der Waals surface area contributed by atoms with Gasteiger partial charge in [0, 0.05) is 11.1 Å². The van der Waals surface area contributed by atoms with E-state index < -0.39 is 0 Å². The maximum atomic E-state index is 6.10. The van der Waals surface area contributed by atoms with Crippen molar-refractivity contribution in [3.05, 3.63) is 84.9 Å². The summed E-state index contributed by atoms with van der Waals surface area (Å²) in [7, 11) is 0. The van der Waals surface area contributed by atoms with Gasteiger partial charge in [0.05, 0.1) is 11.1 Å². The minimum Gasteiger partial charge on any atom is -0.456 e. The van der Waals surface area contributed by atoms with Crippen LogP contribution in [0.15, 0.2) is 89.3 Å². The van der Waals surface area contributed by atoms with Gasteiger partial charge in [-0.15, -0.1) is 0 Å². The first-order chi connectivity index (χ1) is 11.9. The smallest absolute Gasteiger partial charge is 0.137 e. The third-order valence-corrected chi connectivity index (χ3v) is 4.42. The molecule has 0 saturated carbocycles. The highest BCUT2D eigenvalue weighted by Gasteiger charge is 2.12. The van der Waals surface area contributed by atoms with Gasteiger partial charge in [0.15, 0.2) is 0 Å². The van der Waals surface area contributed by atoms with Crippen LogP contribution < -0.4 is 5.32 Å². The van der Waals surface area contributed by atoms with Gasteiger partial charge in [-0.25, -0.2) is 0 Å². The van der Waals surface area contributed by atoms with E-state index in [1.165, 1.54) is 10.8 Å². The van der Waals surface area contributed by atoms with Crippen LogP contribution >= 0.6 is 0 Å². The van der Waals surface area contributed by atoms with Gasteiger partial charge in [-0.3, -0.25) is 0 Å². The summed E-state index contributed by atoms with van der Waals surface area (Å²) in [5.74, 6) is 0. The van der Waals surface area contributed by atoms with Gasteiger partial charge in [-0.2, -0.15) is 0 Å². The van der Waals surface area contributed by atoms with Crippen molar-refractivity contribution in [2.24, 2.45) is 0 Å². The van der Waals surface area contributed by atoms with Gasteiger partial charge >= 0.3 is 0 Å². The fraction of sp³-hybridized carbons (Fsp3) is 0. The van der Waals surface area contributed by atoms with Gasteiger partial charge in [0.25, 0.3) is 0 Å². The van der Waals surface area contributed by atoms with Crippen molar-refractivity contribution in [2.45, 2.75) is 0 Å². The van der Waals surface area contributed by atoms with Crippen molar-refractivity contribution in [1.82, 2.24) is 0 Å². The maximum Gasteiger partial charge on any atom is 0.137 e. The Labute approximate surface area is 139 Å². The van der Waals surface area contributed by atoms with E-state index in [9.17, 15) is 0 Å². The molecule has 0 spiro atoms. The lowest BCUT2D eigenvalue weighted by Gasteiger charge is -2.07. The van der Waals surface area contributed by atoms with E-state index in [2.05, 4.69) is 59.9 Å². The molecule has 5 aromatic rings. The zero-order valence-corrected chi connectivity index (χ0v) is 13.0. The molecule has 0 amide bonds. The van der Waals surface area contributed by atoms with E-state index in [0.29, 0.717) is 0 Å². The van der Waals surface area contributed by atoms with Crippen LogP contribution in [0.4, 0.5) is 11.4 Å². The van der Waals surface area contributed by atoms with E-state index in [0.717, 1.165) is 33.3 Å². The molecule has 0 saturated heterocycles. The van der Waals surface area contributed by atoms with Crippen LogP contribution in [-0.2, 0) is 0 Å². The third-order valence-electron chi connectivity index (χ3n) is 4.42. The number of furan rings is 1. The highest BCUT2D eigenvalue weighted by atomic mass is 16.3. The normalized spacial score (nSPS) is 11.3. The molecule has 0 aliphatic carbocycles. The molecule has 0 radical (unpaired) electrons. The molecular weight excluding hydrogens is 294 g/mol. The predicted molar refractivity (Wildman–Crippen MR) is 101 cm³/mol. The van der Waals surface area contributed by atoms with Crippen molar-refractivity contribution in [3.63, 3.8) is 0 Å². The monoisotopic (exact) mass is 309 g/mol. The Morgan fingerprint density at radius 2 is 1.38 bits per heavy atom. The Kier molecular flexibility index (Phi) is 2.83. The third kappa shape index (κ3) is 2.04. The van der Waals surface area contributed by atoms with Gasteiger partial charge in [-0.1, -0.05) is 48.5 Å². The fourth-order valence-electron chi connectivity index (χ4n) is 3.29.